The van der Waals surface area contributed by atoms with Gasteiger partial charge in [0.05, 0.1) is 11.9 Å². The summed E-state index contributed by atoms with van der Waals surface area (Å²) in [6.07, 6.45) is 4.08. The summed E-state index contributed by atoms with van der Waals surface area (Å²) in [5.41, 5.74) is 1.19. The fourth-order valence-corrected chi connectivity index (χ4v) is 2.37. The van der Waals surface area contributed by atoms with Crippen LogP contribution in [0.15, 0.2) is 6.20 Å². The lowest BCUT2D eigenvalue weighted by atomic mass is 9.83. The highest BCUT2D eigenvalue weighted by atomic mass is 16.3. The van der Waals surface area contributed by atoms with Crippen molar-refractivity contribution in [2.75, 3.05) is 19.7 Å². The van der Waals surface area contributed by atoms with Gasteiger partial charge >= 0.3 is 0 Å². The third-order valence-corrected chi connectivity index (χ3v) is 3.44. The van der Waals surface area contributed by atoms with Gasteiger partial charge in [-0.25, -0.2) is 0 Å². The highest BCUT2D eigenvalue weighted by Crippen LogP contribution is 2.29. The Labute approximate surface area is 96.1 Å². The first-order chi connectivity index (χ1) is 7.63. The number of piperidine rings is 1. The van der Waals surface area contributed by atoms with Crippen molar-refractivity contribution in [2.45, 2.75) is 26.3 Å². The van der Waals surface area contributed by atoms with Crippen molar-refractivity contribution >= 4 is 0 Å². The summed E-state index contributed by atoms with van der Waals surface area (Å²) in [6, 6.07) is 0. The van der Waals surface area contributed by atoms with Crippen molar-refractivity contribution < 1.29 is 5.11 Å². The quantitative estimate of drug-likeness (QED) is 0.808. The van der Waals surface area contributed by atoms with Gasteiger partial charge in [0.15, 0.2) is 0 Å². The number of rotatable bonds is 3. The second-order valence-electron chi connectivity index (χ2n) is 5.13. The number of aryl methyl sites for hydroxylation is 1. The highest BCUT2D eigenvalue weighted by molar-refractivity contribution is 4.95. The van der Waals surface area contributed by atoms with Gasteiger partial charge in [-0.3, -0.25) is 9.58 Å². The Morgan fingerprint density at radius 2 is 2.38 bits per heavy atom. The topological polar surface area (TPSA) is 54.2 Å². The first kappa shape index (κ1) is 11.5. The minimum atomic E-state index is 0.0598. The number of hydrogen-bond donors (Lipinski definition) is 1. The largest absolute Gasteiger partial charge is 0.396 e. The van der Waals surface area contributed by atoms with E-state index in [4.69, 9.17) is 0 Å². The molecule has 1 atom stereocenters. The molecule has 5 nitrogen and oxygen atoms in total. The third kappa shape index (κ3) is 2.41. The molecule has 2 rings (SSSR count). The second kappa shape index (κ2) is 4.51. The second-order valence-corrected chi connectivity index (χ2v) is 5.13. The SMILES string of the molecule is Cn1nncc1CN1CCCC(C)(CO)C1. The molecule has 1 aromatic heterocycles. The fourth-order valence-electron chi connectivity index (χ4n) is 2.37. The first-order valence-corrected chi connectivity index (χ1v) is 5.80. The Morgan fingerprint density at radius 3 is 3.00 bits per heavy atom. The maximum atomic E-state index is 9.39. The fraction of sp³-hybridized carbons (Fsp3) is 0.818. The maximum Gasteiger partial charge on any atom is 0.0738 e. The summed E-state index contributed by atoms with van der Waals surface area (Å²) in [7, 11) is 1.91. The molecule has 2 heterocycles. The lowest BCUT2D eigenvalue weighted by Gasteiger charge is -2.39. The molecule has 1 aliphatic heterocycles. The molecular formula is C11H20N4O. The van der Waals surface area contributed by atoms with E-state index in [0.29, 0.717) is 0 Å². The number of aliphatic hydroxyl groups is 1. The number of aliphatic hydroxyl groups excluding tert-OH is 1. The molecule has 0 spiro atoms. The van der Waals surface area contributed by atoms with E-state index < -0.39 is 0 Å². The molecule has 1 fully saturated rings. The Balaban J connectivity index is 1.98. The van der Waals surface area contributed by atoms with E-state index in [0.717, 1.165) is 38.2 Å². The zero-order valence-electron chi connectivity index (χ0n) is 10.1. The van der Waals surface area contributed by atoms with Crippen LogP contribution in [-0.4, -0.2) is 44.7 Å². The average molecular weight is 224 g/mol. The maximum absolute atomic E-state index is 9.39. The van der Waals surface area contributed by atoms with Crippen molar-refractivity contribution in [3.05, 3.63) is 11.9 Å². The van der Waals surface area contributed by atoms with Crippen LogP contribution in [-0.2, 0) is 13.6 Å². The first-order valence-electron chi connectivity index (χ1n) is 5.80. The van der Waals surface area contributed by atoms with Crippen LogP contribution in [0.5, 0.6) is 0 Å². The van der Waals surface area contributed by atoms with Gasteiger partial charge in [0, 0.05) is 32.2 Å². The van der Waals surface area contributed by atoms with Crippen LogP contribution in [0.1, 0.15) is 25.5 Å². The van der Waals surface area contributed by atoms with Crippen molar-refractivity contribution in [3.63, 3.8) is 0 Å². The molecule has 0 aromatic carbocycles. The van der Waals surface area contributed by atoms with Gasteiger partial charge in [0.1, 0.15) is 0 Å². The molecule has 0 radical (unpaired) electrons. The average Bonchev–Trinajstić information content (AvgIpc) is 2.65. The molecule has 0 saturated carbocycles. The molecule has 0 bridgehead atoms. The molecule has 1 saturated heterocycles. The zero-order valence-corrected chi connectivity index (χ0v) is 10.1. The number of nitrogens with zero attached hydrogens (tertiary/aromatic N) is 4. The van der Waals surface area contributed by atoms with Gasteiger partial charge in [-0.2, -0.15) is 0 Å². The van der Waals surface area contributed by atoms with Gasteiger partial charge in [-0.1, -0.05) is 12.1 Å². The summed E-state index contributed by atoms with van der Waals surface area (Å²) in [4.78, 5) is 2.37. The lowest BCUT2D eigenvalue weighted by Crippen LogP contribution is -2.43. The van der Waals surface area contributed by atoms with Crippen LogP contribution in [0.3, 0.4) is 0 Å². The molecule has 0 aliphatic carbocycles. The third-order valence-electron chi connectivity index (χ3n) is 3.44. The van der Waals surface area contributed by atoms with E-state index in [1.807, 2.05) is 17.9 Å². The van der Waals surface area contributed by atoms with Crippen LogP contribution in [0.25, 0.3) is 0 Å². The normalized spacial score (nSPS) is 27.2. The Kier molecular flexibility index (Phi) is 3.25. The highest BCUT2D eigenvalue weighted by Gasteiger charge is 2.30. The van der Waals surface area contributed by atoms with Gasteiger partial charge < -0.3 is 5.11 Å². The molecule has 5 heteroatoms. The minimum absolute atomic E-state index is 0.0598. The van der Waals surface area contributed by atoms with Crippen LogP contribution in [0.2, 0.25) is 0 Å². The predicted octanol–water partition coefficient (Wildman–Crippen LogP) is 0.409. The Hall–Kier alpha value is -0.940. The van der Waals surface area contributed by atoms with Crippen molar-refractivity contribution in [1.82, 2.24) is 19.9 Å². The van der Waals surface area contributed by atoms with E-state index >= 15 is 0 Å². The van der Waals surface area contributed by atoms with Crippen molar-refractivity contribution in [1.29, 1.82) is 0 Å². The molecule has 1 unspecified atom stereocenters. The molecule has 1 aliphatic rings. The standard InChI is InChI=1S/C11H20N4O/c1-11(9-16)4-3-5-15(8-11)7-10-6-12-13-14(10)2/h6,16H,3-5,7-9H2,1-2H3. The molecule has 0 amide bonds. The zero-order chi connectivity index (χ0) is 11.6. The van der Waals surface area contributed by atoms with Crippen molar-refractivity contribution in [3.8, 4) is 0 Å². The van der Waals surface area contributed by atoms with Crippen LogP contribution in [0.4, 0.5) is 0 Å². The summed E-state index contributed by atoms with van der Waals surface area (Å²) >= 11 is 0. The Morgan fingerprint density at radius 1 is 1.56 bits per heavy atom. The molecular weight excluding hydrogens is 204 g/mol. The smallest absolute Gasteiger partial charge is 0.0738 e. The summed E-state index contributed by atoms with van der Waals surface area (Å²) in [6.45, 7) is 5.35. The number of hydrogen-bond acceptors (Lipinski definition) is 4. The van der Waals surface area contributed by atoms with Gasteiger partial charge in [0.25, 0.3) is 0 Å². The molecule has 1 aromatic rings. The van der Waals surface area contributed by atoms with Crippen LogP contribution >= 0.6 is 0 Å². The lowest BCUT2D eigenvalue weighted by molar-refractivity contribution is 0.0418. The summed E-state index contributed by atoms with van der Waals surface area (Å²) < 4.78 is 1.81. The van der Waals surface area contributed by atoms with E-state index in [1.54, 1.807) is 0 Å². The Bertz CT molecular complexity index is 352. The van der Waals surface area contributed by atoms with E-state index in [9.17, 15) is 5.11 Å². The number of aromatic nitrogens is 3. The van der Waals surface area contributed by atoms with E-state index in [1.165, 1.54) is 0 Å². The molecule has 16 heavy (non-hydrogen) atoms. The summed E-state index contributed by atoms with van der Waals surface area (Å²) in [5, 5.41) is 17.2. The van der Waals surface area contributed by atoms with Gasteiger partial charge in [0.2, 0.25) is 0 Å². The molecule has 90 valence electrons. The van der Waals surface area contributed by atoms with E-state index in [2.05, 4.69) is 22.1 Å². The van der Waals surface area contributed by atoms with Crippen molar-refractivity contribution in [2.24, 2.45) is 12.5 Å². The number of likely N-dealkylation sites (tertiary alicyclic amines) is 1. The summed E-state index contributed by atoms with van der Waals surface area (Å²) in [5.74, 6) is 0. The van der Waals surface area contributed by atoms with Gasteiger partial charge in [-0.05, 0) is 19.4 Å². The van der Waals surface area contributed by atoms with E-state index in [-0.39, 0.29) is 12.0 Å². The van der Waals surface area contributed by atoms with Gasteiger partial charge in [-0.15, -0.1) is 5.10 Å². The monoisotopic (exact) mass is 224 g/mol. The van der Waals surface area contributed by atoms with Crippen LogP contribution < -0.4 is 0 Å². The predicted molar refractivity (Wildman–Crippen MR) is 60.7 cm³/mol. The minimum Gasteiger partial charge on any atom is -0.396 e. The molecule has 1 N–H and O–H groups in total. The van der Waals surface area contributed by atoms with Crippen LogP contribution in [0, 0.1) is 5.41 Å².